The van der Waals surface area contributed by atoms with E-state index in [0.29, 0.717) is 0 Å². The average Bonchev–Trinajstić information content (AvgIpc) is 3.32. The summed E-state index contributed by atoms with van der Waals surface area (Å²) in [5, 5.41) is 9.57. The highest BCUT2D eigenvalue weighted by molar-refractivity contribution is 6.09. The molecule has 0 bridgehead atoms. The predicted octanol–water partition coefficient (Wildman–Crippen LogP) is 15.4. The summed E-state index contributed by atoms with van der Waals surface area (Å²) < 4.78 is 0. The largest absolute Gasteiger partial charge is 0.308 e. The molecular weight excluding hydrogens is 729 g/mol. The van der Waals surface area contributed by atoms with Gasteiger partial charge in [-0.2, -0.15) is 0 Å². The van der Waals surface area contributed by atoms with Crippen molar-refractivity contribution in [1.82, 2.24) is 9.97 Å². The number of fused-ring (bicyclic) bond motifs is 5. The van der Waals surface area contributed by atoms with Crippen LogP contribution in [0.1, 0.15) is 0 Å². The van der Waals surface area contributed by atoms with E-state index in [1.165, 1.54) is 43.1 Å². The van der Waals surface area contributed by atoms with Gasteiger partial charge in [-0.1, -0.05) is 146 Å². The average molecular weight is 767 g/mol. The molecule has 282 valence electrons. The van der Waals surface area contributed by atoms with Gasteiger partial charge in [-0.15, -0.1) is 0 Å². The molecule has 0 fully saturated rings. The lowest BCUT2D eigenvalue weighted by Crippen LogP contribution is -2.10. The minimum Gasteiger partial charge on any atom is -0.308 e. The summed E-state index contributed by atoms with van der Waals surface area (Å²) in [5.74, 6) is 0. The first kappa shape index (κ1) is 35.1. The maximum atomic E-state index is 5.03. The van der Waals surface area contributed by atoms with Crippen molar-refractivity contribution in [3.63, 3.8) is 0 Å². The fourth-order valence-corrected chi connectivity index (χ4v) is 8.58. The minimum atomic E-state index is 0.933. The lowest BCUT2D eigenvalue weighted by atomic mass is 9.97. The van der Waals surface area contributed by atoms with Gasteiger partial charge < -0.3 is 9.80 Å². The first-order valence-electron chi connectivity index (χ1n) is 20.3. The molecule has 0 N–H and O–H groups in total. The van der Waals surface area contributed by atoms with E-state index >= 15 is 0 Å². The van der Waals surface area contributed by atoms with Crippen LogP contribution >= 0.6 is 0 Å². The molecule has 4 heteroatoms. The fraction of sp³-hybridized carbons (Fsp3) is 0. The van der Waals surface area contributed by atoms with E-state index in [-0.39, 0.29) is 0 Å². The van der Waals surface area contributed by atoms with Gasteiger partial charge in [-0.25, -0.2) is 0 Å². The molecule has 0 aliphatic carbocycles. The van der Waals surface area contributed by atoms with Crippen molar-refractivity contribution in [2.24, 2.45) is 0 Å². The molecule has 0 atom stereocenters. The lowest BCUT2D eigenvalue weighted by molar-refractivity contribution is 1.24. The van der Waals surface area contributed by atoms with Crippen molar-refractivity contribution < 1.29 is 0 Å². The van der Waals surface area contributed by atoms with E-state index in [4.69, 9.17) is 9.97 Å². The first-order valence-corrected chi connectivity index (χ1v) is 20.3. The molecule has 2 aromatic heterocycles. The van der Waals surface area contributed by atoms with Crippen molar-refractivity contribution in [3.05, 3.63) is 231 Å². The van der Waals surface area contributed by atoms with Crippen molar-refractivity contribution in [2.75, 3.05) is 9.80 Å². The summed E-state index contributed by atoms with van der Waals surface area (Å²) in [6.45, 7) is 0. The molecule has 0 spiro atoms. The molecule has 0 saturated heterocycles. The summed E-state index contributed by atoms with van der Waals surface area (Å²) in [7, 11) is 0. The normalized spacial score (nSPS) is 11.3. The zero-order valence-electron chi connectivity index (χ0n) is 32.7. The third-order valence-corrected chi connectivity index (χ3v) is 11.5. The van der Waals surface area contributed by atoms with Crippen LogP contribution in [0.5, 0.6) is 0 Å². The number of hydrogen-bond donors (Lipinski definition) is 0. The molecule has 2 heterocycles. The van der Waals surface area contributed by atoms with Crippen LogP contribution in [0.15, 0.2) is 231 Å². The van der Waals surface area contributed by atoms with Gasteiger partial charge in [0.1, 0.15) is 0 Å². The number of para-hydroxylation sites is 2. The lowest BCUT2D eigenvalue weighted by Gasteiger charge is -2.26. The minimum absolute atomic E-state index is 0.933. The van der Waals surface area contributed by atoms with Crippen LogP contribution in [-0.2, 0) is 0 Å². The van der Waals surface area contributed by atoms with Gasteiger partial charge in [0.15, 0.2) is 0 Å². The Bertz CT molecular complexity index is 3070. The number of pyridine rings is 2. The van der Waals surface area contributed by atoms with Crippen LogP contribution in [0.25, 0.3) is 65.6 Å². The molecule has 11 aromatic rings. The zero-order chi connectivity index (χ0) is 39.8. The molecule has 0 saturated carbocycles. The Morgan fingerprint density at radius 3 is 1.12 bits per heavy atom. The second-order valence-electron chi connectivity index (χ2n) is 15.1. The molecule has 4 nitrogen and oxygen atoms in total. The van der Waals surface area contributed by atoms with Crippen molar-refractivity contribution in [1.29, 1.82) is 0 Å². The zero-order valence-corrected chi connectivity index (χ0v) is 32.7. The second kappa shape index (κ2) is 15.0. The topological polar surface area (TPSA) is 32.3 Å². The van der Waals surface area contributed by atoms with Crippen LogP contribution < -0.4 is 9.80 Å². The Hall–Kier alpha value is -8.08. The van der Waals surface area contributed by atoms with Gasteiger partial charge in [0.2, 0.25) is 0 Å². The van der Waals surface area contributed by atoms with Gasteiger partial charge in [0.25, 0.3) is 0 Å². The smallest absolute Gasteiger partial charge is 0.0703 e. The van der Waals surface area contributed by atoms with E-state index in [9.17, 15) is 0 Å². The van der Waals surface area contributed by atoms with E-state index in [1.54, 1.807) is 0 Å². The van der Waals surface area contributed by atoms with Crippen LogP contribution in [0.3, 0.4) is 0 Å². The molecule has 0 amide bonds. The van der Waals surface area contributed by atoms with Crippen LogP contribution in [0.2, 0.25) is 0 Å². The Morgan fingerprint density at radius 2 is 0.683 bits per heavy atom. The van der Waals surface area contributed by atoms with Gasteiger partial charge >= 0.3 is 0 Å². The van der Waals surface area contributed by atoms with Crippen molar-refractivity contribution in [3.8, 4) is 22.5 Å². The molecule has 60 heavy (non-hydrogen) atoms. The SMILES string of the molecule is c1ccc(N(c2ccc(-c3ccc4c(ccc5cc(-c6ccc(N(c7ccccc7)c7cccc8ccccc78)cn6)ccc54)c3)nc2)c2cccc3ccccc23)cc1. The molecular formula is C56H38N4. The maximum Gasteiger partial charge on any atom is 0.0703 e. The Kier molecular flexibility index (Phi) is 8.79. The Balaban J connectivity index is 0.892. The summed E-state index contributed by atoms with van der Waals surface area (Å²) in [4.78, 5) is 14.6. The van der Waals surface area contributed by atoms with Gasteiger partial charge in [0.05, 0.1) is 46.5 Å². The summed E-state index contributed by atoms with van der Waals surface area (Å²) in [6.07, 6.45) is 3.97. The van der Waals surface area contributed by atoms with E-state index in [1.807, 2.05) is 12.4 Å². The number of anilines is 6. The van der Waals surface area contributed by atoms with E-state index in [0.717, 1.165) is 56.6 Å². The summed E-state index contributed by atoms with van der Waals surface area (Å²) >= 11 is 0. The maximum absolute atomic E-state index is 5.03. The molecule has 9 aromatic carbocycles. The van der Waals surface area contributed by atoms with Gasteiger partial charge in [0, 0.05) is 33.3 Å². The predicted molar refractivity (Wildman–Crippen MR) is 252 cm³/mol. The third-order valence-electron chi connectivity index (χ3n) is 11.5. The van der Waals surface area contributed by atoms with Crippen molar-refractivity contribution >= 4 is 77.2 Å². The Labute approximate surface area is 348 Å². The van der Waals surface area contributed by atoms with E-state index < -0.39 is 0 Å². The van der Waals surface area contributed by atoms with Gasteiger partial charge in [-0.05, 0) is 105 Å². The number of nitrogens with zero attached hydrogens (tertiary/aromatic N) is 4. The molecule has 11 rings (SSSR count). The Morgan fingerprint density at radius 1 is 0.267 bits per heavy atom. The monoisotopic (exact) mass is 766 g/mol. The molecule has 0 aliphatic rings. The van der Waals surface area contributed by atoms with Crippen LogP contribution in [0, 0.1) is 0 Å². The molecule has 0 radical (unpaired) electrons. The fourth-order valence-electron chi connectivity index (χ4n) is 8.58. The highest BCUT2D eigenvalue weighted by Gasteiger charge is 2.18. The molecule has 0 aliphatic heterocycles. The number of rotatable bonds is 8. The second-order valence-corrected chi connectivity index (χ2v) is 15.1. The third kappa shape index (κ3) is 6.37. The first-order chi connectivity index (χ1) is 29.7. The van der Waals surface area contributed by atoms with Crippen molar-refractivity contribution in [2.45, 2.75) is 0 Å². The van der Waals surface area contributed by atoms with Crippen LogP contribution in [0.4, 0.5) is 34.1 Å². The number of aromatic nitrogens is 2. The van der Waals surface area contributed by atoms with Crippen LogP contribution in [-0.4, -0.2) is 9.97 Å². The van der Waals surface area contributed by atoms with Gasteiger partial charge in [-0.3, -0.25) is 9.97 Å². The molecule has 0 unspecified atom stereocenters. The quantitative estimate of drug-likeness (QED) is 0.144. The highest BCUT2D eigenvalue weighted by Crippen LogP contribution is 2.41. The summed E-state index contributed by atoms with van der Waals surface area (Å²) in [6, 6.07) is 77.4. The van der Waals surface area contributed by atoms with E-state index in [2.05, 4.69) is 228 Å². The number of benzene rings is 9. The number of hydrogen-bond acceptors (Lipinski definition) is 4. The summed E-state index contributed by atoms with van der Waals surface area (Å²) in [5.41, 5.74) is 10.5. The standard InChI is InChI=1S/C56H38N4/c1-3-17-45(18-4-1)59(55-23-11-15-39-13-7-9-21-51(39)55)47-29-33-53(57-37-47)43-27-31-49-41(35-43)25-26-42-36-44(28-32-50(42)49)54-34-30-48(38-58-54)60(46-19-5-2-6-20-46)56-24-12-16-40-14-8-10-22-52(40)56/h1-38H. The highest BCUT2D eigenvalue weighted by atomic mass is 15.2.